The average Bonchev–Trinajstić information content (AvgIpc) is 2.65. The van der Waals surface area contributed by atoms with E-state index < -0.39 is 7.92 Å². The van der Waals surface area contributed by atoms with Gasteiger partial charge in [0.2, 0.25) is 0 Å². The number of rotatable bonds is 7. The lowest BCUT2D eigenvalue weighted by atomic mass is 10.0. The molecule has 3 rings (SSSR count). The molecule has 0 unspecified atom stereocenters. The molecule has 0 aliphatic rings. The zero-order chi connectivity index (χ0) is 17.5. The fourth-order valence-corrected chi connectivity index (χ4v) is 5.73. The van der Waals surface area contributed by atoms with Crippen molar-refractivity contribution >= 4 is 48.6 Å². The summed E-state index contributed by atoms with van der Waals surface area (Å²) in [6, 6.07) is 31.1. The van der Waals surface area contributed by atoms with Crippen molar-refractivity contribution in [1.29, 1.82) is 0 Å². The molecule has 3 heteroatoms. The van der Waals surface area contributed by atoms with Crippen LogP contribution in [0.1, 0.15) is 32.3 Å². The van der Waals surface area contributed by atoms with Crippen molar-refractivity contribution in [2.75, 3.05) is 0 Å². The van der Waals surface area contributed by atoms with E-state index in [1.54, 1.807) is 0 Å². The summed E-state index contributed by atoms with van der Waals surface area (Å²) in [4.78, 5) is 0. The van der Waals surface area contributed by atoms with E-state index in [0.29, 0.717) is 0 Å². The molecule has 27 heavy (non-hydrogen) atoms. The predicted octanol–water partition coefficient (Wildman–Crippen LogP) is 6.27. The highest BCUT2D eigenvalue weighted by atomic mass is 35.5. The maximum Gasteiger partial charge on any atom is -0.0119 e. The first-order valence-electron chi connectivity index (χ1n) is 9.24. The number of hydrogen-bond acceptors (Lipinski definition) is 0. The van der Waals surface area contributed by atoms with E-state index in [0.717, 1.165) is 5.92 Å². The van der Waals surface area contributed by atoms with E-state index in [4.69, 9.17) is 0 Å². The van der Waals surface area contributed by atoms with Gasteiger partial charge in [-0.1, -0.05) is 105 Å². The molecule has 3 aromatic rings. The van der Waals surface area contributed by atoms with Crippen LogP contribution in [0.25, 0.3) is 0 Å². The second-order valence-electron chi connectivity index (χ2n) is 6.92. The Morgan fingerprint density at radius 3 is 1.67 bits per heavy atom. The van der Waals surface area contributed by atoms with Crippen molar-refractivity contribution in [2.45, 2.75) is 33.1 Å². The minimum absolute atomic E-state index is 0. The van der Waals surface area contributed by atoms with Crippen molar-refractivity contribution in [3.05, 3.63) is 90.5 Å². The van der Waals surface area contributed by atoms with Crippen LogP contribution >= 0.6 is 32.7 Å². The highest BCUT2D eigenvalue weighted by molar-refractivity contribution is 7.79. The first-order chi connectivity index (χ1) is 12.3. The van der Waals surface area contributed by atoms with Gasteiger partial charge in [-0.2, -0.15) is 0 Å². The van der Waals surface area contributed by atoms with Gasteiger partial charge in [0.25, 0.3) is 0 Å². The first kappa shape index (κ1) is 23.7. The van der Waals surface area contributed by atoms with E-state index in [2.05, 4.69) is 98.8 Å². The second-order valence-corrected chi connectivity index (χ2v) is 9.11. The molecule has 0 radical (unpaired) electrons. The third kappa shape index (κ3) is 6.65. The van der Waals surface area contributed by atoms with Crippen molar-refractivity contribution < 1.29 is 0 Å². The van der Waals surface area contributed by atoms with Crippen molar-refractivity contribution in [3.8, 4) is 0 Å². The van der Waals surface area contributed by atoms with Gasteiger partial charge in [-0.05, 0) is 48.2 Å². The van der Waals surface area contributed by atoms with Crippen LogP contribution in [-0.2, 0) is 6.42 Å². The smallest absolute Gasteiger partial charge is 0.0119 e. The minimum Gasteiger partial charge on any atom is -0.147 e. The monoisotopic (exact) mass is 418 g/mol. The normalized spacial score (nSPS) is 10.4. The Morgan fingerprint density at radius 2 is 1.15 bits per heavy atom. The molecule has 0 atom stereocenters. The van der Waals surface area contributed by atoms with Crippen LogP contribution in [0.4, 0.5) is 0 Å². The summed E-state index contributed by atoms with van der Waals surface area (Å²) in [5, 5.41) is 4.37. The minimum atomic E-state index is -0.499. The molecule has 0 aromatic heterocycles. The second kappa shape index (κ2) is 12.2. The van der Waals surface area contributed by atoms with Crippen LogP contribution < -0.4 is 15.9 Å². The third-order valence-corrected chi connectivity index (χ3v) is 7.04. The highest BCUT2D eigenvalue weighted by Crippen LogP contribution is 2.34. The van der Waals surface area contributed by atoms with Crippen molar-refractivity contribution in [2.24, 2.45) is 5.92 Å². The fraction of sp³-hybridized carbons (Fsp3) is 0.250. The molecule has 0 aliphatic heterocycles. The molecule has 3 aromatic carbocycles. The summed E-state index contributed by atoms with van der Waals surface area (Å²) in [5.41, 5.74) is 1.52. The average molecular weight is 419 g/mol. The van der Waals surface area contributed by atoms with Gasteiger partial charge in [0.1, 0.15) is 0 Å². The van der Waals surface area contributed by atoms with Gasteiger partial charge in [-0.15, -0.1) is 24.8 Å². The quantitative estimate of drug-likeness (QED) is 0.396. The fourth-order valence-electron chi connectivity index (χ4n) is 3.22. The Morgan fingerprint density at radius 1 is 0.667 bits per heavy atom. The highest BCUT2D eigenvalue weighted by Gasteiger charge is 2.18. The lowest BCUT2D eigenvalue weighted by molar-refractivity contribution is 0.556. The summed E-state index contributed by atoms with van der Waals surface area (Å²) in [6.45, 7) is 4.62. The lowest BCUT2D eigenvalue weighted by Crippen LogP contribution is -2.23. The number of halogens is 2. The molecule has 0 spiro atoms. The van der Waals surface area contributed by atoms with Gasteiger partial charge in [-0.3, -0.25) is 0 Å². The Hall–Kier alpha value is -1.33. The van der Waals surface area contributed by atoms with Crippen LogP contribution in [0.15, 0.2) is 84.9 Å². The summed E-state index contributed by atoms with van der Waals surface area (Å²) >= 11 is 0. The van der Waals surface area contributed by atoms with Gasteiger partial charge in [-0.25, -0.2) is 0 Å². The van der Waals surface area contributed by atoms with Crippen molar-refractivity contribution in [3.63, 3.8) is 0 Å². The summed E-state index contributed by atoms with van der Waals surface area (Å²) in [5.74, 6) is 0.775. The maximum atomic E-state index is 2.34. The zero-order valence-corrected chi connectivity index (χ0v) is 18.6. The predicted molar refractivity (Wildman–Crippen MR) is 127 cm³/mol. The molecule has 0 fully saturated rings. The zero-order valence-electron chi connectivity index (χ0n) is 16.0. The summed E-state index contributed by atoms with van der Waals surface area (Å²) in [7, 11) is -0.499. The van der Waals surface area contributed by atoms with Crippen LogP contribution in [0.3, 0.4) is 0 Å². The molecule has 0 N–H and O–H groups in total. The topological polar surface area (TPSA) is 0 Å². The van der Waals surface area contributed by atoms with E-state index >= 15 is 0 Å². The van der Waals surface area contributed by atoms with Gasteiger partial charge < -0.3 is 0 Å². The Labute approximate surface area is 178 Å². The summed E-state index contributed by atoms with van der Waals surface area (Å²) < 4.78 is 0. The van der Waals surface area contributed by atoms with Crippen LogP contribution in [0, 0.1) is 5.92 Å². The van der Waals surface area contributed by atoms with Crippen LogP contribution in [0.2, 0.25) is 0 Å². The Kier molecular flexibility index (Phi) is 10.7. The molecule has 144 valence electrons. The molecule has 0 nitrogen and oxygen atoms in total. The summed E-state index contributed by atoms with van der Waals surface area (Å²) in [6.07, 6.45) is 3.73. The third-order valence-electron chi connectivity index (χ3n) is 4.49. The molecule has 0 saturated heterocycles. The lowest BCUT2D eigenvalue weighted by Gasteiger charge is -2.22. The first-order valence-corrected chi connectivity index (χ1v) is 10.6. The van der Waals surface area contributed by atoms with Crippen LogP contribution in [-0.4, -0.2) is 0 Å². The van der Waals surface area contributed by atoms with E-state index in [-0.39, 0.29) is 24.8 Å². The molecule has 0 bridgehead atoms. The standard InChI is InChI=1S/C24H27P.2ClH/c1-20(2)12-11-14-21-13-9-10-19-24(21)25(22-15-5-3-6-16-22)23-17-7-4-8-18-23;;/h3-10,13,15-20H,11-12,14H2,1-2H3;2*1H. The van der Waals surface area contributed by atoms with E-state index in [9.17, 15) is 0 Å². The largest absolute Gasteiger partial charge is 0.147 e. The molecular formula is C24H29Cl2P. The molecule has 0 amide bonds. The van der Waals surface area contributed by atoms with Gasteiger partial charge >= 0.3 is 0 Å². The van der Waals surface area contributed by atoms with Crippen LogP contribution in [0.5, 0.6) is 0 Å². The number of benzene rings is 3. The van der Waals surface area contributed by atoms with Gasteiger partial charge in [0.05, 0.1) is 0 Å². The SMILES string of the molecule is CC(C)CCCc1ccccc1P(c1ccccc1)c1ccccc1.Cl.Cl. The molecule has 0 aliphatic carbocycles. The number of hydrogen-bond donors (Lipinski definition) is 0. The van der Waals surface area contributed by atoms with Gasteiger partial charge in [0.15, 0.2) is 0 Å². The Bertz CT molecular complexity index is 733. The maximum absolute atomic E-state index is 2.34. The number of aryl methyl sites for hydroxylation is 1. The van der Waals surface area contributed by atoms with Crippen molar-refractivity contribution in [1.82, 2.24) is 0 Å². The van der Waals surface area contributed by atoms with E-state index in [1.807, 2.05) is 0 Å². The molecule has 0 saturated carbocycles. The van der Waals surface area contributed by atoms with Gasteiger partial charge in [0, 0.05) is 0 Å². The molecule has 0 heterocycles. The van der Waals surface area contributed by atoms with E-state index in [1.165, 1.54) is 40.7 Å². The Balaban J connectivity index is 0.00000182. The molecular weight excluding hydrogens is 390 g/mol.